The molecule has 0 unspecified atom stereocenters. The fraction of sp³-hybridized carbons (Fsp3) is 0.200. The molecule has 3 rings (SSSR count). The van der Waals surface area contributed by atoms with E-state index in [1.54, 1.807) is 12.3 Å². The second kappa shape index (κ2) is 4.85. The van der Waals surface area contributed by atoms with Gasteiger partial charge in [0.1, 0.15) is 17.1 Å². The minimum atomic E-state index is 0.0696. The summed E-state index contributed by atoms with van der Waals surface area (Å²) in [5, 5.41) is 10.2. The molecule has 0 aliphatic rings. The van der Waals surface area contributed by atoms with Gasteiger partial charge in [-0.25, -0.2) is 9.97 Å². The molecule has 20 heavy (non-hydrogen) atoms. The highest BCUT2D eigenvalue weighted by atomic mass is 16.3. The maximum atomic E-state index is 10.2. The Labute approximate surface area is 116 Å². The molecule has 3 N–H and O–H groups in total. The van der Waals surface area contributed by atoms with Crippen molar-refractivity contribution in [3.8, 4) is 17.1 Å². The van der Waals surface area contributed by atoms with Crippen molar-refractivity contribution in [2.45, 2.75) is 19.9 Å². The molecule has 0 bridgehead atoms. The monoisotopic (exact) mass is 268 g/mol. The molecule has 2 heterocycles. The average Bonchev–Trinajstić information content (AvgIpc) is 2.81. The van der Waals surface area contributed by atoms with Gasteiger partial charge >= 0.3 is 0 Å². The smallest absolute Gasteiger partial charge is 0.160 e. The van der Waals surface area contributed by atoms with E-state index < -0.39 is 0 Å². The Morgan fingerprint density at radius 3 is 2.90 bits per heavy atom. The minimum Gasteiger partial charge on any atom is -0.505 e. The number of hydrogen-bond acceptors (Lipinski definition) is 4. The van der Waals surface area contributed by atoms with Gasteiger partial charge in [-0.15, -0.1) is 0 Å². The van der Waals surface area contributed by atoms with E-state index in [-0.39, 0.29) is 5.75 Å². The number of rotatable bonds is 3. The van der Waals surface area contributed by atoms with Crippen molar-refractivity contribution in [1.82, 2.24) is 14.5 Å². The zero-order valence-corrected chi connectivity index (χ0v) is 11.2. The van der Waals surface area contributed by atoms with Crippen molar-refractivity contribution in [3.63, 3.8) is 0 Å². The average molecular weight is 268 g/mol. The van der Waals surface area contributed by atoms with E-state index >= 15 is 0 Å². The highest BCUT2D eigenvalue weighted by Gasteiger charge is 2.16. The highest BCUT2D eigenvalue weighted by Crippen LogP contribution is 2.34. The largest absolute Gasteiger partial charge is 0.505 e. The number of imidazole rings is 1. The Morgan fingerprint density at radius 2 is 2.10 bits per heavy atom. The summed E-state index contributed by atoms with van der Waals surface area (Å²) in [5.41, 5.74) is 8.40. The minimum absolute atomic E-state index is 0.0696. The number of fused-ring (bicyclic) bond motifs is 1. The number of phenolic OH excluding ortho intramolecular Hbond substituents is 1. The summed E-state index contributed by atoms with van der Waals surface area (Å²) in [7, 11) is 0. The lowest BCUT2D eigenvalue weighted by Gasteiger charge is -2.09. The Hall–Kier alpha value is -2.56. The van der Waals surface area contributed by atoms with E-state index in [0.717, 1.165) is 24.1 Å². The summed E-state index contributed by atoms with van der Waals surface area (Å²) in [5.74, 6) is 0.769. The number of aryl methyl sites for hydroxylation is 1. The van der Waals surface area contributed by atoms with Crippen LogP contribution in [-0.2, 0) is 6.54 Å². The van der Waals surface area contributed by atoms with E-state index in [1.807, 2.05) is 28.8 Å². The third kappa shape index (κ3) is 1.87. The van der Waals surface area contributed by atoms with Crippen LogP contribution < -0.4 is 5.73 Å². The van der Waals surface area contributed by atoms with Gasteiger partial charge in [0.2, 0.25) is 0 Å². The summed E-state index contributed by atoms with van der Waals surface area (Å²) in [6.45, 7) is 2.88. The van der Waals surface area contributed by atoms with Crippen molar-refractivity contribution in [2.24, 2.45) is 0 Å². The number of nitrogen functional groups attached to an aromatic ring is 1. The van der Waals surface area contributed by atoms with Gasteiger partial charge in [0, 0.05) is 12.7 Å². The molecule has 1 aromatic carbocycles. The number of hydrogen-bond donors (Lipinski definition) is 2. The SMILES string of the molecule is CCCn1c(-c2cccc(N)c2O)nc2cccnc21. The van der Waals surface area contributed by atoms with Crippen LogP contribution in [0.3, 0.4) is 0 Å². The van der Waals surface area contributed by atoms with E-state index in [2.05, 4.69) is 16.9 Å². The summed E-state index contributed by atoms with van der Waals surface area (Å²) in [6.07, 6.45) is 2.71. The van der Waals surface area contributed by atoms with Crippen molar-refractivity contribution >= 4 is 16.9 Å². The van der Waals surface area contributed by atoms with E-state index in [0.29, 0.717) is 17.1 Å². The predicted octanol–water partition coefficient (Wildman–Crippen LogP) is 2.80. The molecule has 0 atom stereocenters. The van der Waals surface area contributed by atoms with Gasteiger partial charge in [-0.3, -0.25) is 0 Å². The number of phenols is 1. The number of aromatic hydroxyl groups is 1. The number of aromatic nitrogens is 3. The topological polar surface area (TPSA) is 77.0 Å². The molecular formula is C15H16N4O. The van der Waals surface area contributed by atoms with Gasteiger partial charge in [-0.05, 0) is 30.7 Å². The molecule has 0 aliphatic carbocycles. The Bertz CT molecular complexity index is 764. The van der Waals surface area contributed by atoms with Crippen LogP contribution in [0.25, 0.3) is 22.6 Å². The molecule has 5 heteroatoms. The lowest BCUT2D eigenvalue weighted by molar-refractivity contribution is 0.479. The van der Waals surface area contributed by atoms with Crippen molar-refractivity contribution in [3.05, 3.63) is 36.5 Å². The first kappa shape index (κ1) is 12.5. The lowest BCUT2D eigenvalue weighted by atomic mass is 10.1. The van der Waals surface area contributed by atoms with Crippen LogP contribution in [-0.4, -0.2) is 19.6 Å². The van der Waals surface area contributed by atoms with Gasteiger partial charge in [-0.1, -0.05) is 13.0 Å². The molecule has 3 aromatic rings. The molecule has 5 nitrogen and oxygen atoms in total. The second-order valence-electron chi connectivity index (χ2n) is 4.68. The molecule has 0 saturated heterocycles. The summed E-state index contributed by atoms with van der Waals surface area (Å²) in [6, 6.07) is 9.08. The number of pyridine rings is 1. The third-order valence-corrected chi connectivity index (χ3v) is 3.26. The van der Waals surface area contributed by atoms with Crippen molar-refractivity contribution in [1.29, 1.82) is 0 Å². The second-order valence-corrected chi connectivity index (χ2v) is 4.68. The normalized spacial score (nSPS) is 11.1. The molecule has 0 aliphatic heterocycles. The molecule has 2 aromatic heterocycles. The summed E-state index contributed by atoms with van der Waals surface area (Å²) >= 11 is 0. The fourth-order valence-electron chi connectivity index (χ4n) is 2.34. The number of anilines is 1. The van der Waals surface area contributed by atoms with Gasteiger partial charge in [0.15, 0.2) is 5.65 Å². The van der Waals surface area contributed by atoms with E-state index in [1.165, 1.54) is 0 Å². The van der Waals surface area contributed by atoms with Crippen LogP contribution in [0.1, 0.15) is 13.3 Å². The molecular weight excluding hydrogens is 252 g/mol. The van der Waals surface area contributed by atoms with E-state index in [4.69, 9.17) is 5.73 Å². The lowest BCUT2D eigenvalue weighted by Crippen LogP contribution is -2.01. The Balaban J connectivity index is 2.29. The maximum absolute atomic E-state index is 10.2. The zero-order valence-electron chi connectivity index (χ0n) is 11.2. The Morgan fingerprint density at radius 1 is 1.25 bits per heavy atom. The molecule has 102 valence electrons. The maximum Gasteiger partial charge on any atom is 0.160 e. The first-order valence-corrected chi connectivity index (χ1v) is 6.61. The Kier molecular flexibility index (Phi) is 3.02. The number of benzene rings is 1. The highest BCUT2D eigenvalue weighted by molar-refractivity contribution is 5.81. The van der Waals surface area contributed by atoms with Crippen LogP contribution in [0, 0.1) is 0 Å². The molecule has 0 amide bonds. The molecule has 0 radical (unpaired) electrons. The van der Waals surface area contributed by atoms with Gasteiger partial charge in [-0.2, -0.15) is 0 Å². The van der Waals surface area contributed by atoms with Crippen LogP contribution in [0.15, 0.2) is 36.5 Å². The van der Waals surface area contributed by atoms with Crippen LogP contribution in [0.2, 0.25) is 0 Å². The van der Waals surface area contributed by atoms with Crippen LogP contribution in [0.5, 0.6) is 5.75 Å². The summed E-state index contributed by atoms with van der Waals surface area (Å²) in [4.78, 5) is 8.97. The number of para-hydroxylation sites is 1. The van der Waals surface area contributed by atoms with Crippen LogP contribution >= 0.6 is 0 Å². The predicted molar refractivity (Wildman–Crippen MR) is 79.3 cm³/mol. The summed E-state index contributed by atoms with van der Waals surface area (Å²) < 4.78 is 2.02. The first-order valence-electron chi connectivity index (χ1n) is 6.61. The van der Waals surface area contributed by atoms with Gasteiger partial charge < -0.3 is 15.4 Å². The molecule has 0 spiro atoms. The van der Waals surface area contributed by atoms with Gasteiger partial charge in [0.05, 0.1) is 11.3 Å². The first-order chi connectivity index (χ1) is 9.72. The quantitative estimate of drug-likeness (QED) is 0.565. The standard InChI is InChI=1S/C15H16N4O/c1-2-9-19-14(10-5-3-6-11(16)13(10)20)18-12-7-4-8-17-15(12)19/h3-8,20H,2,9,16H2,1H3. The number of nitrogens with zero attached hydrogens (tertiary/aromatic N) is 3. The zero-order chi connectivity index (χ0) is 14.1. The third-order valence-electron chi connectivity index (χ3n) is 3.26. The van der Waals surface area contributed by atoms with Crippen molar-refractivity contribution in [2.75, 3.05) is 5.73 Å². The fourth-order valence-corrected chi connectivity index (χ4v) is 2.34. The molecule has 0 saturated carbocycles. The van der Waals surface area contributed by atoms with Crippen LogP contribution in [0.4, 0.5) is 5.69 Å². The van der Waals surface area contributed by atoms with Crippen molar-refractivity contribution < 1.29 is 5.11 Å². The molecule has 0 fully saturated rings. The van der Waals surface area contributed by atoms with Gasteiger partial charge in [0.25, 0.3) is 0 Å². The number of nitrogens with two attached hydrogens (primary N) is 1. The van der Waals surface area contributed by atoms with E-state index in [9.17, 15) is 5.11 Å².